The van der Waals surface area contributed by atoms with Crippen molar-refractivity contribution in [1.82, 2.24) is 0 Å². The third kappa shape index (κ3) is 4.95. The van der Waals surface area contributed by atoms with Crippen LogP contribution in [0.5, 0.6) is 0 Å². The molecule has 0 aromatic carbocycles. The third-order valence-corrected chi connectivity index (χ3v) is 0.528. The van der Waals surface area contributed by atoms with Crippen LogP contribution >= 0.6 is 0 Å². The number of allylic oxidation sites excluding steroid dienone is 3. The second-order valence-electron chi connectivity index (χ2n) is 1.31. The van der Waals surface area contributed by atoms with Gasteiger partial charge in [-0.3, -0.25) is 4.79 Å². The standard InChI is InChI=1S/C6H8O2/c1-6(8)4-2-3-5-7/h2-5,7H,1H3/b4-2+,5-3-. The van der Waals surface area contributed by atoms with Crippen molar-refractivity contribution in [3.05, 3.63) is 24.5 Å². The van der Waals surface area contributed by atoms with Gasteiger partial charge in [0.1, 0.15) is 0 Å². The molecule has 8 heavy (non-hydrogen) atoms. The molecule has 2 nitrogen and oxygen atoms in total. The van der Waals surface area contributed by atoms with Crippen molar-refractivity contribution in [3.8, 4) is 0 Å². The molecule has 0 saturated heterocycles. The molecule has 0 radical (unpaired) electrons. The normalized spacial score (nSPS) is 11.1. The maximum atomic E-state index is 10.1. The minimum Gasteiger partial charge on any atom is -0.516 e. The molecular weight excluding hydrogens is 104 g/mol. The van der Waals surface area contributed by atoms with Crippen LogP contribution in [0.2, 0.25) is 0 Å². The zero-order chi connectivity index (χ0) is 6.41. The van der Waals surface area contributed by atoms with Crippen LogP contribution in [0, 0.1) is 0 Å². The molecule has 0 fully saturated rings. The zero-order valence-corrected chi connectivity index (χ0v) is 4.66. The molecule has 0 rings (SSSR count). The maximum absolute atomic E-state index is 10.1. The van der Waals surface area contributed by atoms with Gasteiger partial charge < -0.3 is 5.11 Å². The van der Waals surface area contributed by atoms with Crippen LogP contribution in [0.1, 0.15) is 6.92 Å². The quantitative estimate of drug-likeness (QED) is 0.331. The summed E-state index contributed by atoms with van der Waals surface area (Å²) in [5.41, 5.74) is 0. The van der Waals surface area contributed by atoms with Crippen LogP contribution in [-0.2, 0) is 4.79 Å². The number of rotatable bonds is 2. The molecule has 1 N–H and O–H groups in total. The molecule has 2 heteroatoms. The Kier molecular flexibility index (Phi) is 3.58. The Morgan fingerprint density at radius 2 is 2.12 bits per heavy atom. The molecule has 0 aliphatic heterocycles. The van der Waals surface area contributed by atoms with Crippen molar-refractivity contribution in [1.29, 1.82) is 0 Å². The largest absolute Gasteiger partial charge is 0.516 e. The highest BCUT2D eigenvalue weighted by Crippen LogP contribution is 1.75. The maximum Gasteiger partial charge on any atom is 0.152 e. The number of carbonyl (C=O) groups is 1. The molecule has 0 atom stereocenters. The Hall–Kier alpha value is -1.05. The molecule has 44 valence electrons. The summed E-state index contributed by atoms with van der Waals surface area (Å²) in [5, 5.41) is 8.04. The predicted molar refractivity (Wildman–Crippen MR) is 31.6 cm³/mol. The molecule has 0 spiro atoms. The highest BCUT2D eigenvalue weighted by atomic mass is 16.2. The van der Waals surface area contributed by atoms with Crippen molar-refractivity contribution in [2.45, 2.75) is 6.92 Å². The summed E-state index contributed by atoms with van der Waals surface area (Å²) in [7, 11) is 0. The molecule has 0 saturated carbocycles. The van der Waals surface area contributed by atoms with Gasteiger partial charge in [-0.15, -0.1) is 0 Å². The minimum absolute atomic E-state index is 0.0249. The molecular formula is C6H8O2. The average molecular weight is 112 g/mol. The lowest BCUT2D eigenvalue weighted by Gasteiger charge is -1.71. The first-order valence-electron chi connectivity index (χ1n) is 2.25. The first kappa shape index (κ1) is 6.95. The Bertz CT molecular complexity index is 122. The first-order valence-corrected chi connectivity index (χ1v) is 2.25. The minimum atomic E-state index is -0.0249. The van der Waals surface area contributed by atoms with E-state index in [1.54, 1.807) is 0 Å². The molecule has 0 heterocycles. The zero-order valence-electron chi connectivity index (χ0n) is 4.66. The SMILES string of the molecule is CC(=O)/C=C/C=C\O. The van der Waals surface area contributed by atoms with Gasteiger partial charge in [0.2, 0.25) is 0 Å². The van der Waals surface area contributed by atoms with Gasteiger partial charge >= 0.3 is 0 Å². The monoisotopic (exact) mass is 112 g/mol. The van der Waals surface area contributed by atoms with Crippen LogP contribution in [0.25, 0.3) is 0 Å². The summed E-state index contributed by atoms with van der Waals surface area (Å²) < 4.78 is 0. The second kappa shape index (κ2) is 4.12. The summed E-state index contributed by atoms with van der Waals surface area (Å²) in [4.78, 5) is 10.1. The van der Waals surface area contributed by atoms with E-state index in [9.17, 15) is 4.79 Å². The van der Waals surface area contributed by atoms with E-state index in [-0.39, 0.29) is 5.78 Å². The van der Waals surface area contributed by atoms with Gasteiger partial charge in [0.15, 0.2) is 5.78 Å². The highest BCUT2D eigenvalue weighted by Gasteiger charge is 1.75. The summed E-state index contributed by atoms with van der Waals surface area (Å²) in [6.07, 6.45) is 5.09. The van der Waals surface area contributed by atoms with E-state index in [0.717, 1.165) is 6.26 Å². The van der Waals surface area contributed by atoms with E-state index in [4.69, 9.17) is 5.11 Å². The summed E-state index contributed by atoms with van der Waals surface area (Å²) in [6, 6.07) is 0. The van der Waals surface area contributed by atoms with Crippen LogP contribution in [0.15, 0.2) is 24.5 Å². The van der Waals surface area contributed by atoms with Crippen molar-refractivity contribution >= 4 is 5.78 Å². The van der Waals surface area contributed by atoms with Gasteiger partial charge in [-0.25, -0.2) is 0 Å². The third-order valence-electron chi connectivity index (χ3n) is 0.528. The highest BCUT2D eigenvalue weighted by molar-refractivity contribution is 5.87. The molecule has 0 amide bonds. The summed E-state index contributed by atoms with van der Waals surface area (Å²) in [5.74, 6) is -0.0249. The van der Waals surface area contributed by atoms with Crippen molar-refractivity contribution in [2.24, 2.45) is 0 Å². The molecule has 0 bridgehead atoms. The van der Waals surface area contributed by atoms with Gasteiger partial charge in [-0.05, 0) is 19.1 Å². The fourth-order valence-electron chi connectivity index (χ4n) is 0.241. The predicted octanol–water partition coefficient (Wildman–Crippen LogP) is 1.20. The number of hydrogen-bond donors (Lipinski definition) is 1. The molecule has 0 unspecified atom stereocenters. The Labute approximate surface area is 48.1 Å². The smallest absolute Gasteiger partial charge is 0.152 e. The molecule has 0 aromatic rings. The number of aliphatic hydroxyl groups is 1. The number of ketones is 1. The van der Waals surface area contributed by atoms with Gasteiger partial charge in [-0.2, -0.15) is 0 Å². The fraction of sp³-hybridized carbons (Fsp3) is 0.167. The fourth-order valence-corrected chi connectivity index (χ4v) is 0.241. The Morgan fingerprint density at radius 3 is 2.50 bits per heavy atom. The summed E-state index contributed by atoms with van der Waals surface area (Å²) >= 11 is 0. The van der Waals surface area contributed by atoms with Crippen LogP contribution in [0.4, 0.5) is 0 Å². The van der Waals surface area contributed by atoms with E-state index in [1.165, 1.54) is 25.2 Å². The number of hydrogen-bond acceptors (Lipinski definition) is 2. The summed E-state index contributed by atoms with van der Waals surface area (Å²) in [6.45, 7) is 1.45. The topological polar surface area (TPSA) is 37.3 Å². The van der Waals surface area contributed by atoms with Crippen LogP contribution in [-0.4, -0.2) is 10.9 Å². The Morgan fingerprint density at radius 1 is 1.50 bits per heavy atom. The lowest BCUT2D eigenvalue weighted by Crippen LogP contribution is -1.77. The lowest BCUT2D eigenvalue weighted by molar-refractivity contribution is -0.112. The second-order valence-corrected chi connectivity index (χ2v) is 1.31. The average Bonchev–Trinajstić information content (AvgIpc) is 1.66. The molecule has 0 aliphatic carbocycles. The van der Waals surface area contributed by atoms with E-state index in [0.29, 0.717) is 0 Å². The number of carbonyl (C=O) groups excluding carboxylic acids is 1. The molecule has 0 aliphatic rings. The first-order chi connectivity index (χ1) is 3.77. The molecule has 0 aromatic heterocycles. The van der Waals surface area contributed by atoms with Gasteiger partial charge in [0, 0.05) is 0 Å². The Balaban J connectivity index is 3.50. The van der Waals surface area contributed by atoms with E-state index < -0.39 is 0 Å². The van der Waals surface area contributed by atoms with Gasteiger partial charge in [-0.1, -0.05) is 6.08 Å². The van der Waals surface area contributed by atoms with E-state index >= 15 is 0 Å². The number of aliphatic hydroxyl groups excluding tert-OH is 1. The van der Waals surface area contributed by atoms with Crippen molar-refractivity contribution in [3.63, 3.8) is 0 Å². The van der Waals surface area contributed by atoms with Gasteiger partial charge in [0.25, 0.3) is 0 Å². The van der Waals surface area contributed by atoms with Crippen molar-refractivity contribution in [2.75, 3.05) is 0 Å². The van der Waals surface area contributed by atoms with Crippen LogP contribution < -0.4 is 0 Å². The lowest BCUT2D eigenvalue weighted by atomic mass is 10.4. The van der Waals surface area contributed by atoms with E-state index in [2.05, 4.69) is 0 Å². The van der Waals surface area contributed by atoms with Crippen molar-refractivity contribution < 1.29 is 9.90 Å². The van der Waals surface area contributed by atoms with Crippen LogP contribution in [0.3, 0.4) is 0 Å². The van der Waals surface area contributed by atoms with E-state index in [1.807, 2.05) is 0 Å². The van der Waals surface area contributed by atoms with Gasteiger partial charge in [0.05, 0.1) is 6.26 Å².